The van der Waals surface area contributed by atoms with E-state index < -0.39 is 0 Å². The number of aryl methyl sites for hydroxylation is 2. The Labute approximate surface area is 115 Å². The van der Waals surface area contributed by atoms with Crippen molar-refractivity contribution in [1.82, 2.24) is 4.90 Å². The van der Waals surface area contributed by atoms with E-state index in [9.17, 15) is 4.79 Å². The first-order valence-electron chi connectivity index (χ1n) is 5.98. The third-order valence-electron chi connectivity index (χ3n) is 3.13. The van der Waals surface area contributed by atoms with Crippen LogP contribution in [0, 0.1) is 13.8 Å². The number of likely N-dealkylation sites (N-methyl/N-ethyl adjacent to an activating group) is 1. The van der Waals surface area contributed by atoms with Gasteiger partial charge in [-0.05, 0) is 43.0 Å². The highest BCUT2D eigenvalue weighted by molar-refractivity contribution is 7.81. The monoisotopic (exact) mass is 267 g/mol. The highest BCUT2D eigenvalue weighted by Crippen LogP contribution is 2.22. The van der Waals surface area contributed by atoms with E-state index in [1.165, 1.54) is 11.1 Å². The Morgan fingerprint density at radius 2 is 2.00 bits per heavy atom. The van der Waals surface area contributed by atoms with Crippen molar-refractivity contribution >= 4 is 18.5 Å². The summed E-state index contributed by atoms with van der Waals surface area (Å²) in [6.07, 6.45) is 0.854. The van der Waals surface area contributed by atoms with Crippen LogP contribution in [-0.4, -0.2) is 37.3 Å². The number of methoxy groups -OCH3 is 1. The van der Waals surface area contributed by atoms with Gasteiger partial charge in [-0.1, -0.05) is 6.07 Å². The third kappa shape index (κ3) is 3.67. The molecule has 0 unspecified atom stereocenters. The van der Waals surface area contributed by atoms with Crippen LogP contribution in [0.1, 0.15) is 16.7 Å². The van der Waals surface area contributed by atoms with E-state index in [-0.39, 0.29) is 11.7 Å². The Hall–Kier alpha value is -1.16. The van der Waals surface area contributed by atoms with Crippen LogP contribution in [0.25, 0.3) is 0 Å². The van der Waals surface area contributed by atoms with Crippen LogP contribution in [0.5, 0.6) is 5.75 Å². The van der Waals surface area contributed by atoms with E-state index in [0.717, 1.165) is 17.7 Å². The van der Waals surface area contributed by atoms with Crippen molar-refractivity contribution < 1.29 is 9.53 Å². The van der Waals surface area contributed by atoms with E-state index in [1.807, 2.05) is 20.0 Å². The normalized spacial score (nSPS) is 10.3. The second kappa shape index (κ2) is 6.69. The summed E-state index contributed by atoms with van der Waals surface area (Å²) in [4.78, 5) is 13.1. The maximum atomic E-state index is 11.4. The van der Waals surface area contributed by atoms with Crippen LogP contribution >= 0.6 is 12.6 Å². The second-order valence-corrected chi connectivity index (χ2v) is 4.79. The number of carbonyl (C=O) groups excluding carboxylic acids is 1. The van der Waals surface area contributed by atoms with Crippen LogP contribution in [0.3, 0.4) is 0 Å². The minimum atomic E-state index is 0.0567. The molecule has 0 aliphatic rings. The van der Waals surface area contributed by atoms with E-state index in [2.05, 4.69) is 25.6 Å². The molecule has 18 heavy (non-hydrogen) atoms. The molecule has 0 fully saturated rings. The predicted molar refractivity (Wildman–Crippen MR) is 77.7 cm³/mol. The summed E-state index contributed by atoms with van der Waals surface area (Å²) in [7, 11) is 3.49. The van der Waals surface area contributed by atoms with Gasteiger partial charge in [0.1, 0.15) is 5.75 Å². The van der Waals surface area contributed by atoms with Crippen LogP contribution < -0.4 is 4.74 Å². The molecule has 3 nitrogen and oxygen atoms in total. The summed E-state index contributed by atoms with van der Waals surface area (Å²) in [6, 6.07) is 4.18. The van der Waals surface area contributed by atoms with E-state index in [4.69, 9.17) is 4.74 Å². The van der Waals surface area contributed by atoms with E-state index in [1.54, 1.807) is 12.0 Å². The zero-order valence-electron chi connectivity index (χ0n) is 11.5. The van der Waals surface area contributed by atoms with Crippen molar-refractivity contribution in [3.8, 4) is 5.75 Å². The fourth-order valence-electron chi connectivity index (χ4n) is 1.87. The Morgan fingerprint density at radius 1 is 1.33 bits per heavy atom. The van der Waals surface area contributed by atoms with Gasteiger partial charge in [0.15, 0.2) is 0 Å². The minimum Gasteiger partial charge on any atom is -0.496 e. The summed E-state index contributed by atoms with van der Waals surface area (Å²) >= 11 is 3.99. The van der Waals surface area contributed by atoms with Crippen molar-refractivity contribution in [3.63, 3.8) is 0 Å². The average Bonchev–Trinajstić information content (AvgIpc) is 2.37. The summed E-state index contributed by atoms with van der Waals surface area (Å²) < 4.78 is 5.29. The Kier molecular flexibility index (Phi) is 5.54. The number of hydrogen-bond acceptors (Lipinski definition) is 3. The topological polar surface area (TPSA) is 29.5 Å². The van der Waals surface area contributed by atoms with Crippen LogP contribution in [0.4, 0.5) is 0 Å². The number of ether oxygens (including phenoxy) is 1. The standard InChI is InChI=1S/C14H21NO2S/c1-10-8-13(17-4)11(2)7-12(10)5-6-15(3)14(16)9-18/h7-8,18H,5-6,9H2,1-4H3. The Balaban J connectivity index is 2.74. The largest absolute Gasteiger partial charge is 0.496 e. The van der Waals surface area contributed by atoms with Gasteiger partial charge < -0.3 is 9.64 Å². The van der Waals surface area contributed by atoms with Gasteiger partial charge in [-0.2, -0.15) is 12.6 Å². The van der Waals surface area contributed by atoms with Gasteiger partial charge >= 0.3 is 0 Å². The van der Waals surface area contributed by atoms with Gasteiger partial charge in [0, 0.05) is 13.6 Å². The number of rotatable bonds is 5. The van der Waals surface area contributed by atoms with Gasteiger partial charge in [-0.25, -0.2) is 0 Å². The van der Waals surface area contributed by atoms with Gasteiger partial charge in [-0.3, -0.25) is 4.79 Å². The molecule has 0 bridgehead atoms. The molecule has 1 rings (SSSR count). The van der Waals surface area contributed by atoms with Crippen LogP contribution in [0.2, 0.25) is 0 Å². The molecular formula is C14H21NO2S. The zero-order valence-corrected chi connectivity index (χ0v) is 12.4. The van der Waals surface area contributed by atoms with Crippen LogP contribution in [-0.2, 0) is 11.2 Å². The summed E-state index contributed by atoms with van der Waals surface area (Å²) in [5, 5.41) is 0. The first-order valence-corrected chi connectivity index (χ1v) is 6.61. The lowest BCUT2D eigenvalue weighted by Crippen LogP contribution is -2.29. The number of amides is 1. The van der Waals surface area contributed by atoms with Crippen molar-refractivity contribution in [3.05, 3.63) is 28.8 Å². The molecule has 0 aromatic heterocycles. The van der Waals surface area contributed by atoms with Crippen molar-refractivity contribution in [2.75, 3.05) is 26.5 Å². The molecule has 0 N–H and O–H groups in total. The lowest BCUT2D eigenvalue weighted by atomic mass is 10.0. The SMILES string of the molecule is COc1cc(C)c(CCN(C)C(=O)CS)cc1C. The molecule has 0 radical (unpaired) electrons. The van der Waals surface area contributed by atoms with Crippen molar-refractivity contribution in [2.24, 2.45) is 0 Å². The van der Waals surface area contributed by atoms with Crippen molar-refractivity contribution in [1.29, 1.82) is 0 Å². The molecule has 0 aliphatic heterocycles. The molecule has 1 amide bonds. The highest BCUT2D eigenvalue weighted by Gasteiger charge is 2.09. The molecule has 100 valence electrons. The Morgan fingerprint density at radius 3 is 2.56 bits per heavy atom. The van der Waals surface area contributed by atoms with Gasteiger partial charge in [0.25, 0.3) is 0 Å². The molecule has 0 saturated carbocycles. The summed E-state index contributed by atoms with van der Waals surface area (Å²) in [5.74, 6) is 1.23. The first kappa shape index (κ1) is 14.9. The highest BCUT2D eigenvalue weighted by atomic mass is 32.1. The fourth-order valence-corrected chi connectivity index (χ4v) is 2.11. The number of carbonyl (C=O) groups is 1. The molecule has 0 heterocycles. The van der Waals surface area contributed by atoms with Crippen molar-refractivity contribution in [2.45, 2.75) is 20.3 Å². The van der Waals surface area contributed by atoms with Gasteiger partial charge in [-0.15, -0.1) is 0 Å². The van der Waals surface area contributed by atoms with E-state index in [0.29, 0.717) is 6.54 Å². The smallest absolute Gasteiger partial charge is 0.232 e. The lowest BCUT2D eigenvalue weighted by molar-refractivity contribution is -0.127. The molecule has 0 spiro atoms. The molecule has 1 aromatic carbocycles. The average molecular weight is 267 g/mol. The number of hydrogen-bond donors (Lipinski definition) is 1. The number of benzene rings is 1. The first-order chi connectivity index (χ1) is 8.49. The summed E-state index contributed by atoms with van der Waals surface area (Å²) in [5.41, 5.74) is 3.58. The number of thiol groups is 1. The maximum Gasteiger partial charge on any atom is 0.232 e. The zero-order chi connectivity index (χ0) is 13.7. The predicted octanol–water partition coefficient (Wildman–Crippen LogP) is 2.24. The minimum absolute atomic E-state index is 0.0567. The molecule has 0 atom stereocenters. The molecule has 4 heteroatoms. The molecule has 0 saturated heterocycles. The quantitative estimate of drug-likeness (QED) is 0.829. The van der Waals surface area contributed by atoms with Gasteiger partial charge in [0.2, 0.25) is 5.91 Å². The van der Waals surface area contributed by atoms with E-state index >= 15 is 0 Å². The van der Waals surface area contributed by atoms with Gasteiger partial charge in [0.05, 0.1) is 12.9 Å². The molecule has 1 aromatic rings. The summed E-state index contributed by atoms with van der Waals surface area (Å²) in [6.45, 7) is 4.81. The maximum absolute atomic E-state index is 11.4. The Bertz CT molecular complexity index is 432. The third-order valence-corrected chi connectivity index (χ3v) is 3.40. The molecular weight excluding hydrogens is 246 g/mol. The lowest BCUT2D eigenvalue weighted by Gasteiger charge is -2.17. The number of nitrogens with zero attached hydrogens (tertiary/aromatic N) is 1. The molecule has 0 aliphatic carbocycles. The van der Waals surface area contributed by atoms with Crippen LogP contribution in [0.15, 0.2) is 12.1 Å². The fraction of sp³-hybridized carbons (Fsp3) is 0.500. The second-order valence-electron chi connectivity index (χ2n) is 4.47.